The number of benzene rings is 1. The number of pyridine rings is 1. The van der Waals surface area contributed by atoms with Crippen molar-refractivity contribution < 1.29 is 14.0 Å². The molecule has 0 unspecified atom stereocenters. The number of halogens is 1. The molecule has 1 aromatic carbocycles. The van der Waals surface area contributed by atoms with Gasteiger partial charge in [0.25, 0.3) is 0 Å². The maximum absolute atomic E-state index is 13.7. The van der Waals surface area contributed by atoms with Gasteiger partial charge in [0.1, 0.15) is 17.1 Å². The van der Waals surface area contributed by atoms with E-state index in [1.807, 2.05) is 0 Å². The Morgan fingerprint density at radius 2 is 2.14 bits per heavy atom. The van der Waals surface area contributed by atoms with E-state index in [9.17, 15) is 19.2 Å². The summed E-state index contributed by atoms with van der Waals surface area (Å²) in [4.78, 5) is 30.9. The second-order valence-electron chi connectivity index (χ2n) is 7.28. The molecule has 4 rings (SSSR count). The van der Waals surface area contributed by atoms with Gasteiger partial charge in [-0.05, 0) is 42.9 Å². The largest absolute Gasteiger partial charge is 0.311 e. The van der Waals surface area contributed by atoms with Crippen molar-refractivity contribution in [3.05, 3.63) is 54.0 Å². The van der Waals surface area contributed by atoms with Gasteiger partial charge in [-0.2, -0.15) is 5.26 Å². The Morgan fingerprint density at radius 1 is 1.36 bits per heavy atom. The van der Waals surface area contributed by atoms with Crippen LogP contribution in [0.2, 0.25) is 0 Å². The van der Waals surface area contributed by atoms with Crippen molar-refractivity contribution in [1.82, 2.24) is 4.98 Å². The fourth-order valence-electron chi connectivity index (χ4n) is 3.79. The lowest BCUT2D eigenvalue weighted by Gasteiger charge is -2.21. The third-order valence-electron chi connectivity index (χ3n) is 5.46. The molecule has 28 heavy (non-hydrogen) atoms. The van der Waals surface area contributed by atoms with Crippen molar-refractivity contribution in [2.24, 2.45) is 11.3 Å². The second-order valence-corrected chi connectivity index (χ2v) is 7.28. The van der Waals surface area contributed by atoms with Crippen LogP contribution in [0.25, 0.3) is 0 Å². The second kappa shape index (κ2) is 7.04. The number of amides is 2. The molecule has 1 saturated carbocycles. The molecule has 0 spiro atoms. The maximum Gasteiger partial charge on any atom is 0.247 e. The molecule has 0 bridgehead atoms. The normalized spacial score (nSPS) is 21.4. The number of nitrogens with one attached hydrogen (secondary N) is 1. The van der Waals surface area contributed by atoms with Gasteiger partial charge < -0.3 is 10.2 Å². The van der Waals surface area contributed by atoms with Crippen LogP contribution >= 0.6 is 0 Å². The zero-order chi connectivity index (χ0) is 19.7. The fraction of sp³-hybridized carbons (Fsp3) is 0.333. The molecule has 1 atom stereocenters. The van der Waals surface area contributed by atoms with Gasteiger partial charge >= 0.3 is 0 Å². The molecule has 7 heteroatoms. The van der Waals surface area contributed by atoms with Gasteiger partial charge in [0.05, 0.1) is 12.5 Å². The van der Waals surface area contributed by atoms with Crippen LogP contribution in [0, 0.1) is 28.5 Å². The Hall–Kier alpha value is -3.27. The highest BCUT2D eigenvalue weighted by Gasteiger charge is 2.56. The number of nitrogens with zero attached hydrogens (tertiary/aromatic N) is 3. The quantitative estimate of drug-likeness (QED) is 0.866. The van der Waals surface area contributed by atoms with Gasteiger partial charge in [-0.1, -0.05) is 18.2 Å². The van der Waals surface area contributed by atoms with Crippen molar-refractivity contribution >= 4 is 23.3 Å². The van der Waals surface area contributed by atoms with E-state index < -0.39 is 17.1 Å². The van der Waals surface area contributed by atoms with Gasteiger partial charge in [0.2, 0.25) is 11.8 Å². The molecular formula is C21H19FN4O2. The number of rotatable bonds is 5. The van der Waals surface area contributed by atoms with Crippen LogP contribution in [0.5, 0.6) is 0 Å². The highest BCUT2D eigenvalue weighted by atomic mass is 19.1. The van der Waals surface area contributed by atoms with Crippen LogP contribution in [-0.2, 0) is 16.0 Å². The number of hydrogen-bond donors (Lipinski definition) is 1. The predicted molar refractivity (Wildman–Crippen MR) is 101 cm³/mol. The van der Waals surface area contributed by atoms with Gasteiger partial charge in [-0.15, -0.1) is 0 Å². The molecule has 0 radical (unpaired) electrons. The first-order valence-electron chi connectivity index (χ1n) is 9.26. The smallest absolute Gasteiger partial charge is 0.247 e. The minimum atomic E-state index is -0.919. The average molecular weight is 378 g/mol. The lowest BCUT2D eigenvalue weighted by molar-refractivity contribution is -0.123. The summed E-state index contributed by atoms with van der Waals surface area (Å²) < 4.78 is 13.7. The van der Waals surface area contributed by atoms with Crippen molar-refractivity contribution in [3.8, 4) is 6.07 Å². The molecule has 2 amide bonds. The van der Waals surface area contributed by atoms with Crippen LogP contribution in [0.1, 0.15) is 24.8 Å². The van der Waals surface area contributed by atoms with Gasteiger partial charge in [-0.25, -0.2) is 9.37 Å². The van der Waals surface area contributed by atoms with E-state index in [2.05, 4.69) is 16.4 Å². The van der Waals surface area contributed by atoms with Crippen molar-refractivity contribution in [1.29, 1.82) is 5.26 Å². The third-order valence-corrected chi connectivity index (χ3v) is 5.46. The first kappa shape index (κ1) is 18.1. The molecule has 1 saturated heterocycles. The molecule has 1 aromatic heterocycles. The Balaban J connectivity index is 1.48. The summed E-state index contributed by atoms with van der Waals surface area (Å²) in [6.07, 6.45) is 3.75. The molecule has 2 heterocycles. The summed E-state index contributed by atoms with van der Waals surface area (Å²) in [5, 5.41) is 12.2. The van der Waals surface area contributed by atoms with Crippen LogP contribution in [0.3, 0.4) is 0 Å². The van der Waals surface area contributed by atoms with Crippen molar-refractivity contribution in [2.45, 2.75) is 25.7 Å². The molecule has 2 aromatic rings. The molecular weight excluding hydrogens is 359 g/mol. The first-order valence-corrected chi connectivity index (χ1v) is 9.26. The SMILES string of the molecule is N#C[C@@]1(C2CC2)CCN(c2ccnc(NC(=O)Cc3ccccc3F)c2)C1=O. The number of anilines is 2. The summed E-state index contributed by atoms with van der Waals surface area (Å²) in [5.74, 6) is -0.571. The monoisotopic (exact) mass is 378 g/mol. The third kappa shape index (κ3) is 3.22. The number of nitriles is 1. The molecule has 1 aliphatic heterocycles. The van der Waals surface area contributed by atoms with Crippen molar-refractivity contribution in [3.63, 3.8) is 0 Å². The molecule has 2 aliphatic rings. The summed E-state index contributed by atoms with van der Waals surface area (Å²) in [6.45, 7) is 0.468. The highest BCUT2D eigenvalue weighted by Crippen LogP contribution is 2.51. The van der Waals surface area contributed by atoms with Gasteiger partial charge in [0, 0.05) is 24.5 Å². The standard InChI is InChI=1S/C21H19FN4O2/c22-17-4-2-1-3-14(17)11-19(27)25-18-12-16(7-9-24-18)26-10-8-21(13-23,20(26)28)15-5-6-15/h1-4,7,9,12,15H,5-6,8,10-11H2,(H,24,25,27)/t21-/m1/s1. The van der Waals surface area contributed by atoms with Gasteiger partial charge in [-0.3, -0.25) is 9.59 Å². The summed E-state index contributed by atoms with van der Waals surface area (Å²) in [6, 6.07) is 11.7. The summed E-state index contributed by atoms with van der Waals surface area (Å²) in [7, 11) is 0. The Kier molecular flexibility index (Phi) is 4.55. The van der Waals surface area contributed by atoms with Crippen LogP contribution in [-0.4, -0.2) is 23.3 Å². The number of carbonyl (C=O) groups is 2. The number of carbonyl (C=O) groups excluding carboxylic acids is 2. The summed E-state index contributed by atoms with van der Waals surface area (Å²) >= 11 is 0. The Bertz CT molecular complexity index is 982. The minimum absolute atomic E-state index is 0.111. The van der Waals surface area contributed by atoms with E-state index in [0.29, 0.717) is 24.2 Å². The highest BCUT2D eigenvalue weighted by molar-refractivity contribution is 6.02. The molecule has 6 nitrogen and oxygen atoms in total. The zero-order valence-electron chi connectivity index (χ0n) is 15.2. The number of hydrogen-bond acceptors (Lipinski definition) is 4. The van der Waals surface area contributed by atoms with E-state index in [1.165, 1.54) is 12.3 Å². The molecule has 1 aliphatic carbocycles. The van der Waals surface area contributed by atoms with Crippen LogP contribution in [0.4, 0.5) is 15.9 Å². The molecule has 142 valence electrons. The van der Waals surface area contributed by atoms with Crippen molar-refractivity contribution in [2.75, 3.05) is 16.8 Å². The Labute approximate surface area is 162 Å². The Morgan fingerprint density at radius 3 is 2.86 bits per heavy atom. The van der Waals surface area contributed by atoms with E-state index in [1.54, 1.807) is 35.2 Å². The average Bonchev–Trinajstić information content (AvgIpc) is 3.48. The van der Waals surface area contributed by atoms with Gasteiger partial charge in [0.15, 0.2) is 0 Å². The lowest BCUT2D eigenvalue weighted by atomic mass is 9.83. The molecule has 2 fully saturated rings. The topological polar surface area (TPSA) is 86.1 Å². The number of aromatic nitrogens is 1. The van der Waals surface area contributed by atoms with E-state index in [4.69, 9.17) is 0 Å². The van der Waals surface area contributed by atoms with Crippen LogP contribution in [0.15, 0.2) is 42.6 Å². The first-order chi connectivity index (χ1) is 13.5. The lowest BCUT2D eigenvalue weighted by Crippen LogP contribution is -2.35. The summed E-state index contributed by atoms with van der Waals surface area (Å²) in [5.41, 5.74) is -0.0228. The molecule has 1 N–H and O–H groups in total. The van der Waals surface area contributed by atoms with E-state index in [-0.39, 0.29) is 24.1 Å². The van der Waals surface area contributed by atoms with E-state index in [0.717, 1.165) is 12.8 Å². The maximum atomic E-state index is 13.7. The van der Waals surface area contributed by atoms with Crippen LogP contribution < -0.4 is 10.2 Å². The fourth-order valence-corrected chi connectivity index (χ4v) is 3.79. The van der Waals surface area contributed by atoms with E-state index >= 15 is 0 Å². The zero-order valence-corrected chi connectivity index (χ0v) is 15.2. The predicted octanol–water partition coefficient (Wildman–Crippen LogP) is 3.06. The minimum Gasteiger partial charge on any atom is -0.311 e.